The molecule has 8 nitrogen and oxygen atoms in total. The molecule has 8 heteroatoms. The molecule has 0 bridgehead atoms. The van der Waals surface area contributed by atoms with Crippen molar-refractivity contribution in [3.63, 3.8) is 0 Å². The highest BCUT2D eigenvalue weighted by molar-refractivity contribution is 6.07. The van der Waals surface area contributed by atoms with E-state index in [0.29, 0.717) is 45.1 Å². The van der Waals surface area contributed by atoms with Crippen LogP contribution in [0.25, 0.3) is 33.3 Å². The normalized spacial score (nSPS) is 11.0. The molecule has 4 aromatic rings. The van der Waals surface area contributed by atoms with Crippen LogP contribution in [0.4, 0.5) is 5.82 Å². The molecule has 2 aromatic heterocycles. The minimum absolute atomic E-state index is 0.0354. The summed E-state index contributed by atoms with van der Waals surface area (Å²) in [5.41, 5.74) is 6.82. The molecular formula is C20H17N3O5. The number of nitrogens with two attached hydrogens (primary N) is 1. The van der Waals surface area contributed by atoms with Gasteiger partial charge >= 0.3 is 5.63 Å². The van der Waals surface area contributed by atoms with Gasteiger partial charge in [-0.25, -0.2) is 14.8 Å². The third kappa shape index (κ3) is 2.66. The van der Waals surface area contributed by atoms with Crippen molar-refractivity contribution in [3.8, 4) is 28.6 Å². The van der Waals surface area contributed by atoms with Gasteiger partial charge in [0.05, 0.1) is 26.8 Å². The second-order valence-electron chi connectivity index (χ2n) is 5.95. The van der Waals surface area contributed by atoms with Gasteiger partial charge in [-0.3, -0.25) is 0 Å². The summed E-state index contributed by atoms with van der Waals surface area (Å²) in [6.07, 6.45) is 0. The Kier molecular flexibility index (Phi) is 4.23. The van der Waals surface area contributed by atoms with Gasteiger partial charge < -0.3 is 24.4 Å². The highest BCUT2D eigenvalue weighted by Crippen LogP contribution is 2.34. The molecule has 0 saturated heterocycles. The van der Waals surface area contributed by atoms with Gasteiger partial charge in [-0.1, -0.05) is 6.07 Å². The zero-order valence-electron chi connectivity index (χ0n) is 15.5. The first-order chi connectivity index (χ1) is 13.6. The van der Waals surface area contributed by atoms with Crippen LogP contribution >= 0.6 is 0 Å². The van der Waals surface area contributed by atoms with Crippen LogP contribution in [0.3, 0.4) is 0 Å². The number of methoxy groups -OCH3 is 3. The van der Waals surface area contributed by atoms with Crippen LogP contribution in [0.5, 0.6) is 17.2 Å². The van der Waals surface area contributed by atoms with Crippen LogP contribution in [-0.4, -0.2) is 31.3 Å². The molecule has 28 heavy (non-hydrogen) atoms. The van der Waals surface area contributed by atoms with Crippen LogP contribution in [0.15, 0.2) is 45.6 Å². The summed E-state index contributed by atoms with van der Waals surface area (Å²) < 4.78 is 21.3. The molecule has 0 spiro atoms. The average molecular weight is 379 g/mol. The van der Waals surface area contributed by atoms with E-state index in [9.17, 15) is 4.79 Å². The van der Waals surface area contributed by atoms with Gasteiger partial charge in [-0.15, -0.1) is 0 Å². The van der Waals surface area contributed by atoms with Crippen molar-refractivity contribution in [1.82, 2.24) is 9.97 Å². The Morgan fingerprint density at radius 1 is 0.929 bits per heavy atom. The van der Waals surface area contributed by atoms with Crippen LogP contribution in [-0.2, 0) is 0 Å². The number of hydrogen-bond acceptors (Lipinski definition) is 8. The number of nitrogen functional groups attached to an aromatic ring is 1. The summed E-state index contributed by atoms with van der Waals surface area (Å²) in [5, 5.41) is 0.731. The van der Waals surface area contributed by atoms with E-state index in [1.165, 1.54) is 7.11 Å². The Bertz CT molecular complexity index is 1270. The SMILES string of the molecule is COc1ccc(-c2nc(N)c3c(=O)oc4c(OC)cccc4c3n2)cc1OC. The minimum Gasteiger partial charge on any atom is -0.493 e. The highest BCUT2D eigenvalue weighted by atomic mass is 16.5. The molecular weight excluding hydrogens is 362 g/mol. The topological polar surface area (TPSA) is 110 Å². The predicted octanol–water partition coefficient (Wildman–Crippen LogP) is 3.01. The van der Waals surface area contributed by atoms with Crippen molar-refractivity contribution in [2.45, 2.75) is 0 Å². The van der Waals surface area contributed by atoms with Crippen molar-refractivity contribution >= 4 is 27.7 Å². The molecule has 0 unspecified atom stereocenters. The van der Waals surface area contributed by atoms with Crippen molar-refractivity contribution in [3.05, 3.63) is 46.8 Å². The molecule has 0 aliphatic carbocycles. The van der Waals surface area contributed by atoms with E-state index in [1.807, 2.05) is 0 Å². The van der Waals surface area contributed by atoms with E-state index >= 15 is 0 Å². The van der Waals surface area contributed by atoms with Crippen LogP contribution < -0.4 is 25.6 Å². The number of benzene rings is 2. The van der Waals surface area contributed by atoms with Gasteiger partial charge in [0.15, 0.2) is 28.7 Å². The van der Waals surface area contributed by atoms with E-state index in [1.54, 1.807) is 50.6 Å². The Labute approximate surface area is 159 Å². The van der Waals surface area contributed by atoms with Gasteiger partial charge in [-0.05, 0) is 30.3 Å². The fraction of sp³-hybridized carbons (Fsp3) is 0.150. The molecule has 0 aliphatic rings. The molecule has 2 heterocycles. The smallest absolute Gasteiger partial charge is 0.349 e. The number of hydrogen-bond donors (Lipinski definition) is 1. The molecule has 4 rings (SSSR count). The summed E-state index contributed by atoms with van der Waals surface area (Å²) in [6, 6.07) is 10.6. The maximum atomic E-state index is 12.5. The Morgan fingerprint density at radius 2 is 1.68 bits per heavy atom. The summed E-state index contributed by atoms with van der Waals surface area (Å²) in [5.74, 6) is 1.92. The number of para-hydroxylation sites is 1. The van der Waals surface area contributed by atoms with Crippen molar-refractivity contribution in [2.24, 2.45) is 0 Å². The van der Waals surface area contributed by atoms with E-state index in [0.717, 1.165) is 0 Å². The van der Waals surface area contributed by atoms with Crippen molar-refractivity contribution < 1.29 is 18.6 Å². The highest BCUT2D eigenvalue weighted by Gasteiger charge is 2.18. The van der Waals surface area contributed by atoms with Gasteiger partial charge in [0.1, 0.15) is 11.2 Å². The Hall–Kier alpha value is -3.81. The first-order valence-electron chi connectivity index (χ1n) is 8.36. The lowest BCUT2D eigenvalue weighted by atomic mass is 10.1. The molecule has 142 valence electrons. The fourth-order valence-corrected chi connectivity index (χ4v) is 3.09. The first-order valence-corrected chi connectivity index (χ1v) is 8.36. The third-order valence-electron chi connectivity index (χ3n) is 4.43. The summed E-state index contributed by atoms with van der Waals surface area (Å²) in [7, 11) is 4.60. The van der Waals surface area contributed by atoms with Gasteiger partial charge in [-0.2, -0.15) is 0 Å². The predicted molar refractivity (Wildman–Crippen MR) is 105 cm³/mol. The average Bonchev–Trinajstić information content (AvgIpc) is 2.72. The van der Waals surface area contributed by atoms with E-state index in [2.05, 4.69) is 9.97 Å². The zero-order valence-corrected chi connectivity index (χ0v) is 15.5. The van der Waals surface area contributed by atoms with E-state index in [4.69, 9.17) is 24.4 Å². The summed E-state index contributed by atoms with van der Waals surface area (Å²) >= 11 is 0. The summed E-state index contributed by atoms with van der Waals surface area (Å²) in [4.78, 5) is 21.4. The van der Waals surface area contributed by atoms with Gasteiger partial charge in [0.25, 0.3) is 0 Å². The lowest BCUT2D eigenvalue weighted by Crippen LogP contribution is -2.08. The summed E-state index contributed by atoms with van der Waals surface area (Å²) in [6.45, 7) is 0. The number of aromatic nitrogens is 2. The van der Waals surface area contributed by atoms with Crippen LogP contribution in [0.1, 0.15) is 0 Å². The molecule has 0 saturated carbocycles. The third-order valence-corrected chi connectivity index (χ3v) is 4.43. The standard InChI is InChI=1S/C20H17N3O5/c1-25-12-8-7-10(9-14(12)27-3)19-22-16-11-5-4-6-13(26-2)17(11)28-20(24)15(16)18(21)23-19/h4-9H,1-3H3,(H2,21,22,23). The number of rotatable bonds is 4. The molecule has 0 atom stereocenters. The quantitative estimate of drug-likeness (QED) is 0.426. The Morgan fingerprint density at radius 3 is 2.39 bits per heavy atom. The van der Waals surface area contributed by atoms with Gasteiger partial charge in [0, 0.05) is 10.9 Å². The molecule has 2 aromatic carbocycles. The largest absolute Gasteiger partial charge is 0.493 e. The first kappa shape index (κ1) is 17.6. The number of fused-ring (bicyclic) bond motifs is 3. The second kappa shape index (κ2) is 6.73. The Balaban J connectivity index is 2.05. The number of anilines is 1. The molecule has 0 aliphatic heterocycles. The molecule has 0 fully saturated rings. The fourth-order valence-electron chi connectivity index (χ4n) is 3.09. The van der Waals surface area contributed by atoms with Crippen molar-refractivity contribution in [2.75, 3.05) is 27.1 Å². The second-order valence-corrected chi connectivity index (χ2v) is 5.95. The lowest BCUT2D eigenvalue weighted by molar-refractivity contribution is 0.355. The number of nitrogens with zero attached hydrogens (tertiary/aromatic N) is 2. The van der Waals surface area contributed by atoms with Crippen molar-refractivity contribution in [1.29, 1.82) is 0 Å². The zero-order chi connectivity index (χ0) is 19.8. The van der Waals surface area contributed by atoms with Crippen LogP contribution in [0.2, 0.25) is 0 Å². The van der Waals surface area contributed by atoms with E-state index < -0.39 is 5.63 Å². The minimum atomic E-state index is -0.622. The lowest BCUT2D eigenvalue weighted by Gasteiger charge is -2.11. The molecule has 0 radical (unpaired) electrons. The monoisotopic (exact) mass is 379 g/mol. The maximum Gasteiger partial charge on any atom is 0.349 e. The molecule has 2 N–H and O–H groups in total. The molecule has 0 amide bonds. The maximum absolute atomic E-state index is 12.5. The van der Waals surface area contributed by atoms with Crippen LogP contribution in [0, 0.1) is 0 Å². The van der Waals surface area contributed by atoms with E-state index in [-0.39, 0.29) is 11.2 Å². The van der Waals surface area contributed by atoms with Gasteiger partial charge in [0.2, 0.25) is 0 Å². The number of ether oxygens (including phenoxy) is 3.